The molecule has 0 aromatic carbocycles. The van der Waals surface area contributed by atoms with E-state index in [9.17, 15) is 127 Å². The zero-order valence-electron chi connectivity index (χ0n) is 25.5. The summed E-state index contributed by atoms with van der Waals surface area (Å²) in [5.41, 5.74) is 0. The molecule has 0 saturated heterocycles. The van der Waals surface area contributed by atoms with Crippen molar-refractivity contribution in [1.82, 2.24) is 4.72 Å². The average molecular weight is 907 g/mol. The number of hydrogen-bond donors (Lipinski definition) is 2. The monoisotopic (exact) mass is 907 g/mol. The van der Waals surface area contributed by atoms with Gasteiger partial charge in [-0.2, -0.15) is 118 Å². The normalized spacial score (nSPS) is 16.6. The van der Waals surface area contributed by atoms with Crippen LogP contribution >= 0.6 is 0 Å². The van der Waals surface area contributed by atoms with Crippen LogP contribution in [0.15, 0.2) is 0 Å². The molecule has 0 saturated carbocycles. The third-order valence-electron chi connectivity index (χ3n) is 7.01. The zero-order chi connectivity index (χ0) is 44.4. The van der Waals surface area contributed by atoms with Crippen molar-refractivity contribution in [2.75, 3.05) is 39.5 Å². The molecule has 0 aromatic heterocycles. The minimum atomic E-state index is -9.78. The summed E-state index contributed by atoms with van der Waals surface area (Å²) in [7, 11) is -9.95. The first kappa shape index (κ1) is 52.0. The molecule has 0 radical (unpaired) electrons. The van der Waals surface area contributed by atoms with Gasteiger partial charge in [-0.3, -0.25) is 4.55 Å². The fourth-order valence-corrected chi connectivity index (χ4v) is 5.25. The van der Waals surface area contributed by atoms with Gasteiger partial charge in [0.25, 0.3) is 20.1 Å². The van der Waals surface area contributed by atoms with Gasteiger partial charge in [0.2, 0.25) is 0 Å². The third kappa shape index (κ3) is 7.95. The maximum atomic E-state index is 14.2. The standard InChI is InChI=1S/C20H19F25N2O5S2/c1-47(2,7-4-8-53(48,49)50)6-3-5-46-54(51,52)20(44,45)18(39,40)16(35,36)14(31,32)12(27,28)10(23,24)9(21,22)11(25,26)13(29,30)15(33,34)17(37,38)19(41,42)43/h46H,3-8H2,1-2H3/p+1. The Morgan fingerprint density at radius 1 is 0.444 bits per heavy atom. The molecule has 0 atom stereocenters. The van der Waals surface area contributed by atoms with Crippen LogP contribution in [0.1, 0.15) is 12.8 Å². The highest BCUT2D eigenvalue weighted by atomic mass is 32.2. The van der Waals surface area contributed by atoms with Crippen LogP contribution < -0.4 is 4.72 Å². The van der Waals surface area contributed by atoms with Crippen LogP contribution in [0.4, 0.5) is 110 Å². The largest absolute Gasteiger partial charge is 0.460 e. The quantitative estimate of drug-likeness (QED) is 0.0586. The van der Waals surface area contributed by atoms with E-state index in [1.807, 2.05) is 0 Å². The number of alkyl halides is 25. The molecule has 0 heterocycles. The third-order valence-corrected chi connectivity index (χ3v) is 9.33. The van der Waals surface area contributed by atoms with Crippen LogP contribution in [0.5, 0.6) is 0 Å². The van der Waals surface area contributed by atoms with E-state index in [4.69, 9.17) is 4.55 Å². The molecule has 0 fully saturated rings. The number of sulfonamides is 1. The Bertz CT molecular complexity index is 1560. The molecule has 0 aliphatic heterocycles. The highest BCUT2D eigenvalue weighted by molar-refractivity contribution is 7.90. The molecular formula is C20H20F25N2O5S2+. The van der Waals surface area contributed by atoms with Gasteiger partial charge in [0.15, 0.2) is 0 Å². The first-order valence-electron chi connectivity index (χ1n) is 12.9. The van der Waals surface area contributed by atoms with Gasteiger partial charge in [0.1, 0.15) is 0 Å². The number of nitrogens with one attached hydrogen (secondary N) is 1. The second-order valence-corrected chi connectivity index (χ2v) is 14.9. The van der Waals surface area contributed by atoms with Crippen LogP contribution in [0.2, 0.25) is 0 Å². The molecular weight excluding hydrogens is 887 g/mol. The fraction of sp³-hybridized carbons (Fsp3) is 1.00. The molecule has 0 amide bonds. The van der Waals surface area contributed by atoms with E-state index in [1.54, 1.807) is 0 Å². The fourth-order valence-electron chi connectivity index (χ4n) is 3.70. The molecule has 54 heavy (non-hydrogen) atoms. The van der Waals surface area contributed by atoms with E-state index in [-0.39, 0.29) is 13.0 Å². The average Bonchev–Trinajstić information content (AvgIpc) is 2.92. The van der Waals surface area contributed by atoms with Crippen LogP contribution in [0.25, 0.3) is 0 Å². The molecule has 2 N–H and O–H groups in total. The van der Waals surface area contributed by atoms with Crippen molar-refractivity contribution >= 4 is 20.1 Å². The molecule has 326 valence electrons. The summed E-state index contributed by atoms with van der Waals surface area (Å²) in [6, 6.07) is 0. The van der Waals surface area contributed by atoms with Gasteiger partial charge in [0, 0.05) is 19.4 Å². The molecule has 0 bridgehead atoms. The van der Waals surface area contributed by atoms with Crippen molar-refractivity contribution in [3.05, 3.63) is 0 Å². The van der Waals surface area contributed by atoms with E-state index in [0.717, 1.165) is 14.1 Å². The molecule has 0 spiro atoms. The van der Waals surface area contributed by atoms with E-state index in [0.29, 0.717) is 4.72 Å². The van der Waals surface area contributed by atoms with Crippen molar-refractivity contribution in [1.29, 1.82) is 0 Å². The minimum Gasteiger partial charge on any atom is -0.328 e. The summed E-state index contributed by atoms with van der Waals surface area (Å²) in [6.07, 6.45) is -9.53. The summed E-state index contributed by atoms with van der Waals surface area (Å²) >= 11 is 0. The van der Waals surface area contributed by atoms with Gasteiger partial charge in [-0.25, -0.2) is 13.1 Å². The number of halogens is 25. The zero-order valence-corrected chi connectivity index (χ0v) is 27.2. The number of quaternary nitrogens is 1. The molecule has 0 aliphatic carbocycles. The first-order valence-corrected chi connectivity index (χ1v) is 16.0. The Kier molecular flexibility index (Phi) is 13.6. The molecule has 0 aliphatic rings. The summed E-state index contributed by atoms with van der Waals surface area (Å²) < 4.78 is 393. The number of nitrogens with zero attached hydrogens (tertiary/aromatic N) is 1. The van der Waals surface area contributed by atoms with Crippen LogP contribution in [-0.4, -0.2) is 136 Å². The Hall–Kier alpha value is -1.97. The molecule has 0 aromatic rings. The van der Waals surface area contributed by atoms with Gasteiger partial charge in [-0.05, 0) is 0 Å². The van der Waals surface area contributed by atoms with Crippen molar-refractivity contribution < 1.29 is 136 Å². The second-order valence-electron chi connectivity index (χ2n) is 11.5. The van der Waals surface area contributed by atoms with Gasteiger partial charge in [-0.1, -0.05) is 0 Å². The van der Waals surface area contributed by atoms with Gasteiger partial charge >= 0.3 is 70.7 Å². The van der Waals surface area contributed by atoms with E-state index in [1.165, 1.54) is 0 Å². The Labute approximate surface area is 284 Å². The molecule has 0 unspecified atom stereocenters. The predicted molar refractivity (Wildman–Crippen MR) is 125 cm³/mol. The Morgan fingerprint density at radius 2 is 0.704 bits per heavy atom. The van der Waals surface area contributed by atoms with Gasteiger partial charge < -0.3 is 4.48 Å². The molecule has 0 rings (SSSR count). The first-order chi connectivity index (χ1) is 22.9. The highest BCUT2D eigenvalue weighted by Gasteiger charge is 3.00. The topological polar surface area (TPSA) is 101 Å². The SMILES string of the molecule is C[N+](C)(CCCNS(=O)(=O)C(F)(F)C(F)(F)C(F)(F)C(F)(F)C(F)(F)C(F)(F)C(F)(F)C(F)(F)C(F)(F)C(F)(F)C(F)(F)C(F)(F)F)CCCS(=O)(=O)O. The van der Waals surface area contributed by atoms with Gasteiger partial charge in [-0.15, -0.1) is 0 Å². The summed E-state index contributed by atoms with van der Waals surface area (Å²) in [5.74, 6) is -94.9. The summed E-state index contributed by atoms with van der Waals surface area (Å²) in [6.45, 7) is -2.47. The summed E-state index contributed by atoms with van der Waals surface area (Å²) in [4.78, 5) is 0. The Morgan fingerprint density at radius 3 is 0.981 bits per heavy atom. The van der Waals surface area contributed by atoms with Crippen LogP contribution in [-0.2, 0) is 20.1 Å². The molecule has 7 nitrogen and oxygen atoms in total. The summed E-state index contributed by atoms with van der Waals surface area (Å²) in [5, 5.41) is -8.01. The highest BCUT2D eigenvalue weighted by Crippen LogP contribution is 2.68. The second kappa shape index (κ2) is 14.1. The molecule has 34 heteroatoms. The van der Waals surface area contributed by atoms with Crippen LogP contribution in [0.3, 0.4) is 0 Å². The van der Waals surface area contributed by atoms with Crippen molar-refractivity contribution in [2.24, 2.45) is 0 Å². The lowest BCUT2D eigenvalue weighted by molar-refractivity contribution is -0.890. The van der Waals surface area contributed by atoms with E-state index >= 15 is 0 Å². The van der Waals surface area contributed by atoms with Crippen molar-refractivity contribution in [2.45, 2.75) is 83.5 Å². The Balaban J connectivity index is 6.86. The lowest BCUT2D eigenvalue weighted by Crippen LogP contribution is -2.78. The minimum absolute atomic E-state index is 0.272. The van der Waals surface area contributed by atoms with Crippen molar-refractivity contribution in [3.8, 4) is 0 Å². The maximum Gasteiger partial charge on any atom is 0.460 e. The van der Waals surface area contributed by atoms with E-state index < -0.39 is 121 Å². The lowest BCUT2D eigenvalue weighted by Gasteiger charge is -2.45. The maximum absolute atomic E-state index is 14.2. The van der Waals surface area contributed by atoms with Crippen LogP contribution in [0, 0.1) is 0 Å². The predicted octanol–water partition coefficient (Wildman–Crippen LogP) is 7.16. The van der Waals surface area contributed by atoms with Crippen molar-refractivity contribution in [3.63, 3.8) is 0 Å². The lowest BCUT2D eigenvalue weighted by atomic mass is 9.85. The van der Waals surface area contributed by atoms with E-state index in [2.05, 4.69) is 0 Å². The number of hydrogen-bond acceptors (Lipinski definition) is 4. The van der Waals surface area contributed by atoms with Gasteiger partial charge in [0.05, 0.1) is 32.9 Å². The smallest absolute Gasteiger partial charge is 0.328 e. The number of rotatable bonds is 20.